The number of aromatic nitrogens is 2. The van der Waals surface area contributed by atoms with E-state index in [0.717, 1.165) is 42.5 Å². The number of aromatic hydroxyl groups is 1. The van der Waals surface area contributed by atoms with Crippen molar-refractivity contribution in [2.75, 3.05) is 5.32 Å². The van der Waals surface area contributed by atoms with Crippen LogP contribution in [0.2, 0.25) is 10.0 Å². The van der Waals surface area contributed by atoms with Crippen molar-refractivity contribution in [2.45, 2.75) is 45.1 Å². The second-order valence-electron chi connectivity index (χ2n) is 9.78. The molecule has 4 aromatic rings. The van der Waals surface area contributed by atoms with E-state index in [1.165, 1.54) is 10.7 Å². The van der Waals surface area contributed by atoms with E-state index in [1.807, 2.05) is 37.3 Å². The van der Waals surface area contributed by atoms with Crippen LogP contribution in [0.1, 0.15) is 58.8 Å². The summed E-state index contributed by atoms with van der Waals surface area (Å²) in [6.45, 7) is 2.40. The standard InChI is InChI=1S/C30H28Cl2N4O3/c1-18-6-4-7-19(14-18)17-33-30(39)36-26(20-8-2-3-9-20)16-25(35-36)22-13-12-21(15-27(22)37)34-29(38)28-23(31)10-5-11-24(28)32/h4-7,10-16,20,37H,2-3,8-9,17H2,1H3,(H,33,39)(H,34,38). The molecule has 0 unspecified atom stereocenters. The summed E-state index contributed by atoms with van der Waals surface area (Å²) >= 11 is 12.3. The van der Waals surface area contributed by atoms with Gasteiger partial charge in [0.25, 0.3) is 5.91 Å². The predicted octanol–water partition coefficient (Wildman–Crippen LogP) is 7.54. The van der Waals surface area contributed by atoms with Crippen LogP contribution in [0, 0.1) is 6.92 Å². The fourth-order valence-electron chi connectivity index (χ4n) is 5.01. The number of rotatable bonds is 6. The van der Waals surface area contributed by atoms with Gasteiger partial charge in [-0.1, -0.05) is 71.9 Å². The molecule has 39 heavy (non-hydrogen) atoms. The number of hydrogen-bond donors (Lipinski definition) is 3. The third-order valence-corrected chi connectivity index (χ3v) is 7.58. The van der Waals surface area contributed by atoms with Gasteiger partial charge in [0.1, 0.15) is 5.75 Å². The molecule has 0 bridgehead atoms. The lowest BCUT2D eigenvalue weighted by molar-refractivity contribution is 0.102. The monoisotopic (exact) mass is 562 g/mol. The third kappa shape index (κ3) is 5.95. The van der Waals surface area contributed by atoms with Crippen LogP contribution in [0.3, 0.4) is 0 Å². The Bertz CT molecular complexity index is 1520. The van der Waals surface area contributed by atoms with Crippen molar-refractivity contribution < 1.29 is 14.7 Å². The molecule has 1 aliphatic carbocycles. The second kappa shape index (κ2) is 11.5. The predicted molar refractivity (Wildman–Crippen MR) is 154 cm³/mol. The molecule has 7 nitrogen and oxygen atoms in total. The number of aryl methyl sites for hydroxylation is 1. The summed E-state index contributed by atoms with van der Waals surface area (Å²) < 4.78 is 1.43. The molecule has 0 atom stereocenters. The normalized spacial score (nSPS) is 13.4. The summed E-state index contributed by atoms with van der Waals surface area (Å²) in [5.74, 6) is -0.353. The van der Waals surface area contributed by atoms with Gasteiger partial charge in [-0.05, 0) is 55.7 Å². The van der Waals surface area contributed by atoms with E-state index in [-0.39, 0.29) is 33.3 Å². The molecule has 3 aromatic carbocycles. The van der Waals surface area contributed by atoms with E-state index in [2.05, 4.69) is 15.7 Å². The van der Waals surface area contributed by atoms with E-state index in [9.17, 15) is 14.7 Å². The number of nitrogens with zero attached hydrogens (tertiary/aromatic N) is 2. The number of halogens is 2. The topological polar surface area (TPSA) is 96.3 Å². The summed E-state index contributed by atoms with van der Waals surface area (Å²) in [6, 6.07) is 19.1. The zero-order valence-corrected chi connectivity index (χ0v) is 22.9. The van der Waals surface area contributed by atoms with Gasteiger partial charge in [0.2, 0.25) is 0 Å². The SMILES string of the molecule is Cc1cccc(CNC(=O)n2nc(-c3ccc(NC(=O)c4c(Cl)cccc4Cl)cc3O)cc2C2CCCC2)c1. The van der Waals surface area contributed by atoms with E-state index < -0.39 is 5.91 Å². The molecule has 5 rings (SSSR count). The summed E-state index contributed by atoms with van der Waals surface area (Å²) in [7, 11) is 0. The van der Waals surface area contributed by atoms with Crippen molar-refractivity contribution in [3.63, 3.8) is 0 Å². The zero-order valence-electron chi connectivity index (χ0n) is 21.4. The van der Waals surface area contributed by atoms with Crippen molar-refractivity contribution in [1.82, 2.24) is 15.1 Å². The molecule has 1 aliphatic rings. The number of carbonyl (C=O) groups is 2. The van der Waals surface area contributed by atoms with Crippen LogP contribution in [-0.2, 0) is 6.54 Å². The lowest BCUT2D eigenvalue weighted by Crippen LogP contribution is -2.30. The average molecular weight is 563 g/mol. The number of hydrogen-bond acceptors (Lipinski definition) is 4. The van der Waals surface area contributed by atoms with E-state index in [1.54, 1.807) is 30.3 Å². The molecule has 0 aliphatic heterocycles. The van der Waals surface area contributed by atoms with Gasteiger partial charge >= 0.3 is 6.03 Å². The van der Waals surface area contributed by atoms with Gasteiger partial charge in [0, 0.05) is 29.8 Å². The van der Waals surface area contributed by atoms with Gasteiger partial charge in [0.15, 0.2) is 0 Å². The Kier molecular flexibility index (Phi) is 7.91. The van der Waals surface area contributed by atoms with Gasteiger partial charge in [-0.3, -0.25) is 4.79 Å². The van der Waals surface area contributed by atoms with Crippen LogP contribution in [0.25, 0.3) is 11.3 Å². The molecule has 200 valence electrons. The quantitative estimate of drug-likeness (QED) is 0.226. The summed E-state index contributed by atoms with van der Waals surface area (Å²) in [6.07, 6.45) is 4.17. The Morgan fingerprint density at radius 1 is 1.00 bits per heavy atom. The Morgan fingerprint density at radius 3 is 2.41 bits per heavy atom. The molecular weight excluding hydrogens is 535 g/mol. The Morgan fingerprint density at radius 2 is 1.72 bits per heavy atom. The largest absolute Gasteiger partial charge is 0.507 e. The van der Waals surface area contributed by atoms with E-state index in [4.69, 9.17) is 23.2 Å². The molecule has 2 amide bonds. The molecule has 1 fully saturated rings. The highest BCUT2D eigenvalue weighted by Crippen LogP contribution is 2.38. The highest BCUT2D eigenvalue weighted by atomic mass is 35.5. The molecule has 0 spiro atoms. The minimum Gasteiger partial charge on any atom is -0.507 e. The number of amides is 2. The number of anilines is 1. The molecule has 9 heteroatoms. The van der Waals surface area contributed by atoms with Crippen LogP contribution in [0.5, 0.6) is 5.75 Å². The van der Waals surface area contributed by atoms with Crippen LogP contribution in [-0.4, -0.2) is 26.8 Å². The van der Waals surface area contributed by atoms with E-state index in [0.29, 0.717) is 23.5 Å². The smallest absolute Gasteiger partial charge is 0.342 e. The van der Waals surface area contributed by atoms with Gasteiger partial charge < -0.3 is 15.7 Å². The van der Waals surface area contributed by atoms with Gasteiger partial charge in [-0.25, -0.2) is 4.79 Å². The third-order valence-electron chi connectivity index (χ3n) is 6.95. The summed E-state index contributed by atoms with van der Waals surface area (Å²) in [5, 5.41) is 21.6. The second-order valence-corrected chi connectivity index (χ2v) is 10.6. The van der Waals surface area contributed by atoms with Crippen molar-refractivity contribution in [1.29, 1.82) is 0 Å². The fraction of sp³-hybridized carbons (Fsp3) is 0.233. The maximum atomic E-state index is 13.2. The van der Waals surface area contributed by atoms with Crippen LogP contribution >= 0.6 is 23.2 Å². The maximum absolute atomic E-state index is 13.2. The fourth-order valence-corrected chi connectivity index (χ4v) is 5.58. The molecule has 3 N–H and O–H groups in total. The number of nitrogens with one attached hydrogen (secondary N) is 2. The molecule has 1 aromatic heterocycles. The number of carbonyl (C=O) groups excluding carboxylic acids is 2. The first-order chi connectivity index (χ1) is 18.8. The number of phenols is 1. The van der Waals surface area contributed by atoms with Gasteiger partial charge in [0.05, 0.1) is 27.0 Å². The first-order valence-electron chi connectivity index (χ1n) is 12.8. The number of benzene rings is 3. The molecule has 1 saturated carbocycles. The Balaban J connectivity index is 1.39. The highest BCUT2D eigenvalue weighted by molar-refractivity contribution is 6.40. The maximum Gasteiger partial charge on any atom is 0.342 e. The highest BCUT2D eigenvalue weighted by Gasteiger charge is 2.26. The Hall–Kier alpha value is -3.81. The van der Waals surface area contributed by atoms with Crippen LogP contribution in [0.15, 0.2) is 66.7 Å². The minimum absolute atomic E-state index is 0.0825. The average Bonchev–Trinajstić information content (AvgIpc) is 3.58. The van der Waals surface area contributed by atoms with E-state index >= 15 is 0 Å². The number of phenolic OH excluding ortho intramolecular Hbond substituents is 1. The van der Waals surface area contributed by atoms with Crippen molar-refractivity contribution in [2.24, 2.45) is 0 Å². The van der Waals surface area contributed by atoms with Crippen LogP contribution in [0.4, 0.5) is 10.5 Å². The molecule has 0 saturated heterocycles. The lowest BCUT2D eigenvalue weighted by Gasteiger charge is -2.12. The molecule has 1 heterocycles. The minimum atomic E-state index is -0.490. The Labute approximate surface area is 236 Å². The first kappa shape index (κ1) is 26.8. The first-order valence-corrected chi connectivity index (χ1v) is 13.6. The van der Waals surface area contributed by atoms with Gasteiger partial charge in [-0.15, -0.1) is 0 Å². The van der Waals surface area contributed by atoms with Crippen molar-refractivity contribution in [3.8, 4) is 17.0 Å². The zero-order chi connectivity index (χ0) is 27.5. The molecular formula is C30H28Cl2N4O3. The molecule has 0 radical (unpaired) electrons. The van der Waals surface area contributed by atoms with Gasteiger partial charge in [-0.2, -0.15) is 9.78 Å². The van der Waals surface area contributed by atoms with Crippen molar-refractivity contribution >= 4 is 40.8 Å². The van der Waals surface area contributed by atoms with Crippen LogP contribution < -0.4 is 10.6 Å². The summed E-state index contributed by atoms with van der Waals surface area (Å²) in [5.41, 5.74) is 4.41. The lowest BCUT2D eigenvalue weighted by atomic mass is 10.0. The van der Waals surface area contributed by atoms with Crippen molar-refractivity contribution in [3.05, 3.63) is 99.2 Å². The summed E-state index contributed by atoms with van der Waals surface area (Å²) in [4.78, 5) is 26.0.